The summed E-state index contributed by atoms with van der Waals surface area (Å²) in [4.78, 5) is 37.7. The van der Waals surface area contributed by atoms with Crippen LogP contribution in [-0.2, 0) is 19.1 Å². The van der Waals surface area contributed by atoms with Crippen LogP contribution in [0, 0.1) is 5.41 Å². The van der Waals surface area contributed by atoms with E-state index in [1.807, 2.05) is 34.6 Å². The van der Waals surface area contributed by atoms with Crippen LogP contribution in [0.25, 0.3) is 0 Å². The van der Waals surface area contributed by atoms with E-state index in [4.69, 9.17) is 4.74 Å². The number of esters is 1. The Morgan fingerprint density at radius 2 is 1.83 bits per heavy atom. The zero-order chi connectivity index (χ0) is 17.7. The Labute approximate surface area is 138 Å². The fraction of sp³-hybridized carbons (Fsp3) is 0.824. The fourth-order valence-electron chi connectivity index (χ4n) is 2.62. The van der Waals surface area contributed by atoms with Gasteiger partial charge in [-0.2, -0.15) is 0 Å². The average molecular weight is 326 g/mol. The van der Waals surface area contributed by atoms with Crippen molar-refractivity contribution >= 4 is 17.8 Å². The first kappa shape index (κ1) is 19.5. The summed E-state index contributed by atoms with van der Waals surface area (Å²) in [5.41, 5.74) is -1.28. The molecule has 6 nitrogen and oxygen atoms in total. The molecular weight excluding hydrogens is 296 g/mol. The molecule has 0 radical (unpaired) electrons. The lowest BCUT2D eigenvalue weighted by molar-refractivity contribution is -0.168. The van der Waals surface area contributed by atoms with Gasteiger partial charge >= 0.3 is 5.97 Å². The Morgan fingerprint density at radius 1 is 1.22 bits per heavy atom. The first-order chi connectivity index (χ1) is 10.6. The summed E-state index contributed by atoms with van der Waals surface area (Å²) in [6.45, 7) is 10.3. The molecule has 6 heteroatoms. The van der Waals surface area contributed by atoms with Gasteiger partial charge in [-0.05, 0) is 40.0 Å². The third-order valence-electron chi connectivity index (χ3n) is 4.32. The number of ether oxygens (including phenoxy) is 1. The van der Waals surface area contributed by atoms with Crippen LogP contribution in [0.4, 0.5) is 0 Å². The third-order valence-corrected chi connectivity index (χ3v) is 4.32. The minimum atomic E-state index is -0.724. The largest absolute Gasteiger partial charge is 0.459 e. The fourth-order valence-corrected chi connectivity index (χ4v) is 2.62. The zero-order valence-corrected chi connectivity index (χ0v) is 15.0. The van der Waals surface area contributed by atoms with Crippen molar-refractivity contribution in [2.75, 3.05) is 19.6 Å². The Kier molecular flexibility index (Phi) is 6.59. The van der Waals surface area contributed by atoms with Crippen molar-refractivity contribution in [2.45, 2.75) is 65.9 Å². The second-order valence-electron chi connectivity index (χ2n) is 7.18. The first-order valence-electron chi connectivity index (χ1n) is 8.41. The lowest BCUT2D eigenvalue weighted by Gasteiger charge is -2.33. The molecule has 1 N–H and O–H groups in total. The van der Waals surface area contributed by atoms with E-state index >= 15 is 0 Å². The minimum absolute atomic E-state index is 0.0181. The number of carbonyl (C=O) groups is 3. The topological polar surface area (TPSA) is 75.7 Å². The molecule has 0 unspecified atom stereocenters. The molecule has 0 atom stereocenters. The van der Waals surface area contributed by atoms with Gasteiger partial charge in [0.25, 0.3) is 0 Å². The molecule has 1 fully saturated rings. The monoisotopic (exact) mass is 326 g/mol. The normalized spacial score (nSPS) is 15.7. The molecule has 0 spiro atoms. The van der Waals surface area contributed by atoms with E-state index in [0.717, 1.165) is 6.42 Å². The van der Waals surface area contributed by atoms with Crippen LogP contribution in [0.3, 0.4) is 0 Å². The van der Waals surface area contributed by atoms with Gasteiger partial charge in [0, 0.05) is 19.5 Å². The van der Waals surface area contributed by atoms with Gasteiger partial charge in [0.15, 0.2) is 0 Å². The summed E-state index contributed by atoms with van der Waals surface area (Å²) in [7, 11) is 0. The molecule has 0 saturated carbocycles. The molecule has 1 saturated heterocycles. The lowest BCUT2D eigenvalue weighted by Crippen LogP contribution is -2.47. The van der Waals surface area contributed by atoms with Crippen molar-refractivity contribution in [2.24, 2.45) is 5.41 Å². The number of rotatable bonds is 7. The Morgan fingerprint density at radius 3 is 2.26 bits per heavy atom. The number of carbonyl (C=O) groups excluding carboxylic acids is 3. The summed E-state index contributed by atoms with van der Waals surface area (Å²) < 4.78 is 5.51. The van der Waals surface area contributed by atoms with Gasteiger partial charge in [0.2, 0.25) is 11.8 Å². The molecule has 1 aliphatic heterocycles. The number of nitrogens with one attached hydrogen (secondary N) is 1. The Bertz CT molecular complexity index is 450. The van der Waals surface area contributed by atoms with Gasteiger partial charge in [-0.1, -0.05) is 13.8 Å². The van der Waals surface area contributed by atoms with Crippen molar-refractivity contribution in [1.29, 1.82) is 0 Å². The highest BCUT2D eigenvalue weighted by molar-refractivity contribution is 5.86. The third kappa shape index (κ3) is 5.52. The first-order valence-corrected chi connectivity index (χ1v) is 8.41. The van der Waals surface area contributed by atoms with E-state index in [1.54, 1.807) is 4.90 Å². The van der Waals surface area contributed by atoms with Gasteiger partial charge in [-0.25, -0.2) is 0 Å². The number of amides is 2. The van der Waals surface area contributed by atoms with Crippen LogP contribution in [0.15, 0.2) is 0 Å². The lowest BCUT2D eigenvalue weighted by atomic mass is 9.82. The molecule has 1 aliphatic rings. The SMILES string of the molecule is CCC(CC)(CNC(=O)CN1CCCC1=O)C(=O)OC(C)(C)C. The van der Waals surface area contributed by atoms with Crippen molar-refractivity contribution in [3.05, 3.63) is 0 Å². The standard InChI is InChI=1S/C17H30N2O4/c1-6-17(7-2,15(22)23-16(3,4)5)12-18-13(20)11-19-10-8-9-14(19)21/h6-12H2,1-5H3,(H,18,20). The molecule has 0 bridgehead atoms. The molecular formula is C17H30N2O4. The average Bonchev–Trinajstić information content (AvgIpc) is 2.84. The van der Waals surface area contributed by atoms with Crippen molar-refractivity contribution in [3.63, 3.8) is 0 Å². The second kappa shape index (κ2) is 7.79. The molecule has 0 aromatic rings. The number of nitrogens with zero attached hydrogens (tertiary/aromatic N) is 1. The zero-order valence-electron chi connectivity index (χ0n) is 15.0. The smallest absolute Gasteiger partial charge is 0.314 e. The van der Waals surface area contributed by atoms with Crippen LogP contribution in [-0.4, -0.2) is 47.9 Å². The van der Waals surface area contributed by atoms with Crippen molar-refractivity contribution in [1.82, 2.24) is 10.2 Å². The van der Waals surface area contributed by atoms with E-state index in [-0.39, 0.29) is 30.9 Å². The predicted octanol–water partition coefficient (Wildman–Crippen LogP) is 1.87. The van der Waals surface area contributed by atoms with Gasteiger partial charge in [0.1, 0.15) is 5.60 Å². The van der Waals surface area contributed by atoms with E-state index < -0.39 is 11.0 Å². The van der Waals surface area contributed by atoms with Crippen LogP contribution in [0.1, 0.15) is 60.3 Å². The Hall–Kier alpha value is -1.59. The molecule has 0 aromatic carbocycles. The maximum absolute atomic E-state index is 12.5. The predicted molar refractivity (Wildman–Crippen MR) is 87.7 cm³/mol. The highest BCUT2D eigenvalue weighted by Crippen LogP contribution is 2.29. The van der Waals surface area contributed by atoms with Crippen LogP contribution >= 0.6 is 0 Å². The van der Waals surface area contributed by atoms with E-state index in [2.05, 4.69) is 5.32 Å². The van der Waals surface area contributed by atoms with Crippen molar-refractivity contribution < 1.29 is 19.1 Å². The summed E-state index contributed by atoms with van der Waals surface area (Å²) in [6.07, 6.45) is 2.49. The number of likely N-dealkylation sites (tertiary alicyclic amines) is 1. The summed E-state index contributed by atoms with van der Waals surface area (Å²) in [5, 5.41) is 2.81. The minimum Gasteiger partial charge on any atom is -0.459 e. The maximum Gasteiger partial charge on any atom is 0.314 e. The second-order valence-corrected chi connectivity index (χ2v) is 7.18. The highest BCUT2D eigenvalue weighted by Gasteiger charge is 2.39. The van der Waals surface area contributed by atoms with Crippen LogP contribution < -0.4 is 5.32 Å². The summed E-state index contributed by atoms with van der Waals surface area (Å²) >= 11 is 0. The van der Waals surface area contributed by atoms with E-state index in [1.165, 1.54) is 0 Å². The van der Waals surface area contributed by atoms with E-state index in [0.29, 0.717) is 25.8 Å². The van der Waals surface area contributed by atoms with E-state index in [9.17, 15) is 14.4 Å². The molecule has 23 heavy (non-hydrogen) atoms. The van der Waals surface area contributed by atoms with Gasteiger partial charge < -0.3 is 15.0 Å². The molecule has 0 aromatic heterocycles. The molecule has 1 heterocycles. The number of hydrogen-bond acceptors (Lipinski definition) is 4. The van der Waals surface area contributed by atoms with Crippen LogP contribution in [0.2, 0.25) is 0 Å². The van der Waals surface area contributed by atoms with Crippen LogP contribution in [0.5, 0.6) is 0 Å². The molecule has 2 amide bonds. The molecule has 132 valence electrons. The quantitative estimate of drug-likeness (QED) is 0.725. The maximum atomic E-state index is 12.5. The Balaban J connectivity index is 2.62. The summed E-state index contributed by atoms with van der Waals surface area (Å²) in [5.74, 6) is -0.493. The van der Waals surface area contributed by atoms with Crippen molar-refractivity contribution in [3.8, 4) is 0 Å². The van der Waals surface area contributed by atoms with Gasteiger partial charge in [-0.3, -0.25) is 14.4 Å². The molecule has 1 rings (SSSR count). The molecule has 0 aliphatic carbocycles. The number of hydrogen-bond donors (Lipinski definition) is 1. The van der Waals surface area contributed by atoms with Gasteiger partial charge in [-0.15, -0.1) is 0 Å². The van der Waals surface area contributed by atoms with Gasteiger partial charge in [0.05, 0.1) is 12.0 Å². The highest BCUT2D eigenvalue weighted by atomic mass is 16.6. The summed E-state index contributed by atoms with van der Waals surface area (Å²) in [6, 6.07) is 0.